The number of carbonyl (C=O) groups is 2. The second kappa shape index (κ2) is 5.21. The van der Waals surface area contributed by atoms with E-state index in [1.165, 1.54) is 6.92 Å². The number of carboxylic acid groups (broad SMARTS) is 1. The molecule has 0 spiro atoms. The van der Waals surface area contributed by atoms with Crippen LogP contribution in [0, 0.1) is 6.92 Å². The third-order valence-electron chi connectivity index (χ3n) is 2.18. The minimum Gasteiger partial charge on any atom is -0.477 e. The van der Waals surface area contributed by atoms with Crippen LogP contribution in [-0.4, -0.2) is 32.2 Å². The van der Waals surface area contributed by atoms with Gasteiger partial charge in [-0.1, -0.05) is 0 Å². The van der Waals surface area contributed by atoms with Crippen molar-refractivity contribution in [1.82, 2.24) is 9.55 Å². The van der Waals surface area contributed by atoms with Crippen LogP contribution in [0.15, 0.2) is 11.0 Å². The lowest BCUT2D eigenvalue weighted by Crippen LogP contribution is -2.34. The van der Waals surface area contributed by atoms with Gasteiger partial charge in [0, 0.05) is 6.20 Å². The molecule has 1 aromatic rings. The summed E-state index contributed by atoms with van der Waals surface area (Å²) in [6.07, 6.45) is 0.978. The minimum atomic E-state index is -1.38. The Morgan fingerprint density at radius 1 is 1.42 bits per heavy atom. The highest BCUT2D eigenvalue weighted by Gasteiger charge is 2.20. The van der Waals surface area contributed by atoms with E-state index >= 15 is 0 Å². The summed E-state index contributed by atoms with van der Waals surface area (Å²) in [4.78, 5) is 38.1. The van der Waals surface area contributed by atoms with Crippen LogP contribution in [0.3, 0.4) is 0 Å². The first-order chi connectivity index (χ1) is 8.61. The van der Waals surface area contributed by atoms with Gasteiger partial charge in [0.25, 0.3) is 5.56 Å². The average Bonchev–Trinajstić information content (AvgIpc) is 2.21. The van der Waals surface area contributed by atoms with Gasteiger partial charge in [-0.2, -0.15) is 0 Å². The SMILES string of the molecule is Cc1ncc(C(=O)O)c(=O)n1CC(=O)OC(C)(C)C. The van der Waals surface area contributed by atoms with E-state index in [1.54, 1.807) is 20.8 Å². The van der Waals surface area contributed by atoms with Crippen LogP contribution in [0.1, 0.15) is 37.0 Å². The topological polar surface area (TPSA) is 98.5 Å². The Labute approximate surface area is 109 Å². The predicted octanol–water partition coefficient (Wildman–Crippen LogP) is 0.592. The highest BCUT2D eigenvalue weighted by Crippen LogP contribution is 2.07. The Morgan fingerprint density at radius 2 is 2.00 bits per heavy atom. The number of ether oxygens (including phenoxy) is 1. The normalized spacial score (nSPS) is 11.2. The third-order valence-corrected chi connectivity index (χ3v) is 2.18. The fourth-order valence-electron chi connectivity index (χ4n) is 1.41. The number of rotatable bonds is 3. The van der Waals surface area contributed by atoms with Gasteiger partial charge in [0.2, 0.25) is 0 Å². The third kappa shape index (κ3) is 3.90. The lowest BCUT2D eigenvalue weighted by atomic mass is 10.2. The molecule has 1 aromatic heterocycles. The monoisotopic (exact) mass is 268 g/mol. The van der Waals surface area contributed by atoms with Gasteiger partial charge in [-0.15, -0.1) is 0 Å². The van der Waals surface area contributed by atoms with Gasteiger partial charge >= 0.3 is 11.9 Å². The van der Waals surface area contributed by atoms with Crippen molar-refractivity contribution in [2.45, 2.75) is 39.8 Å². The maximum Gasteiger partial charge on any atom is 0.342 e. The number of carboxylic acids is 1. The maximum absolute atomic E-state index is 11.9. The summed E-state index contributed by atoms with van der Waals surface area (Å²) in [6, 6.07) is 0. The molecule has 7 nitrogen and oxygen atoms in total. The summed E-state index contributed by atoms with van der Waals surface area (Å²) in [5.74, 6) is -1.75. The van der Waals surface area contributed by atoms with E-state index < -0.39 is 28.7 Å². The fourth-order valence-corrected chi connectivity index (χ4v) is 1.41. The van der Waals surface area contributed by atoms with E-state index in [1.807, 2.05) is 0 Å². The zero-order chi connectivity index (χ0) is 14.8. The lowest BCUT2D eigenvalue weighted by molar-refractivity contribution is -0.155. The van der Waals surface area contributed by atoms with Crippen molar-refractivity contribution in [3.63, 3.8) is 0 Å². The molecular weight excluding hydrogens is 252 g/mol. The molecule has 104 valence electrons. The molecule has 1 heterocycles. The van der Waals surface area contributed by atoms with Crippen LogP contribution >= 0.6 is 0 Å². The molecule has 0 atom stereocenters. The Morgan fingerprint density at radius 3 is 2.47 bits per heavy atom. The molecular formula is C12H16N2O5. The van der Waals surface area contributed by atoms with E-state index in [4.69, 9.17) is 9.84 Å². The number of hydrogen-bond donors (Lipinski definition) is 1. The first-order valence-electron chi connectivity index (χ1n) is 5.63. The quantitative estimate of drug-likeness (QED) is 0.806. The number of aromatic nitrogens is 2. The number of aromatic carboxylic acids is 1. The Kier molecular flexibility index (Phi) is 4.08. The van der Waals surface area contributed by atoms with Gasteiger partial charge < -0.3 is 9.84 Å². The standard InChI is InChI=1S/C12H16N2O5/c1-7-13-5-8(11(17)18)10(16)14(7)6-9(15)19-12(2,3)4/h5H,6H2,1-4H3,(H,17,18). The average molecular weight is 268 g/mol. The molecule has 0 fully saturated rings. The maximum atomic E-state index is 11.9. The number of nitrogens with zero attached hydrogens (tertiary/aromatic N) is 2. The van der Waals surface area contributed by atoms with Crippen molar-refractivity contribution in [2.24, 2.45) is 0 Å². The van der Waals surface area contributed by atoms with Crippen molar-refractivity contribution in [1.29, 1.82) is 0 Å². The van der Waals surface area contributed by atoms with Crippen LogP contribution < -0.4 is 5.56 Å². The van der Waals surface area contributed by atoms with E-state index in [-0.39, 0.29) is 12.4 Å². The van der Waals surface area contributed by atoms with E-state index in [2.05, 4.69) is 4.98 Å². The van der Waals surface area contributed by atoms with Gasteiger partial charge in [-0.25, -0.2) is 9.78 Å². The fraction of sp³-hybridized carbons (Fsp3) is 0.500. The molecule has 0 aliphatic heterocycles. The highest BCUT2D eigenvalue weighted by molar-refractivity contribution is 5.86. The van der Waals surface area contributed by atoms with Crippen LogP contribution in [0.25, 0.3) is 0 Å². The molecule has 0 saturated heterocycles. The molecule has 19 heavy (non-hydrogen) atoms. The molecule has 0 saturated carbocycles. The summed E-state index contributed by atoms with van der Waals surface area (Å²) >= 11 is 0. The van der Waals surface area contributed by atoms with Crippen molar-refractivity contribution in [3.05, 3.63) is 27.9 Å². The van der Waals surface area contributed by atoms with Gasteiger partial charge in [0.05, 0.1) is 0 Å². The largest absolute Gasteiger partial charge is 0.477 e. The molecule has 0 aliphatic carbocycles. The van der Waals surface area contributed by atoms with Crippen molar-refractivity contribution in [3.8, 4) is 0 Å². The van der Waals surface area contributed by atoms with E-state index in [0.717, 1.165) is 10.8 Å². The van der Waals surface area contributed by atoms with Crippen molar-refractivity contribution >= 4 is 11.9 Å². The molecule has 1 rings (SSSR count). The second-order valence-electron chi connectivity index (χ2n) is 5.00. The summed E-state index contributed by atoms with van der Waals surface area (Å²) < 4.78 is 6.06. The van der Waals surface area contributed by atoms with Crippen LogP contribution in [0.2, 0.25) is 0 Å². The summed E-state index contributed by atoms with van der Waals surface area (Å²) in [7, 11) is 0. The number of hydrogen-bond acceptors (Lipinski definition) is 5. The van der Waals surface area contributed by atoms with Crippen molar-refractivity contribution in [2.75, 3.05) is 0 Å². The zero-order valence-corrected chi connectivity index (χ0v) is 11.3. The number of esters is 1. The number of aryl methyl sites for hydroxylation is 1. The molecule has 0 aromatic carbocycles. The van der Waals surface area contributed by atoms with Crippen molar-refractivity contribution < 1.29 is 19.4 Å². The molecule has 7 heteroatoms. The highest BCUT2D eigenvalue weighted by atomic mass is 16.6. The van der Waals surface area contributed by atoms with Crippen LogP contribution in [0.5, 0.6) is 0 Å². The summed E-state index contributed by atoms with van der Waals surface area (Å²) in [5.41, 5.74) is -1.92. The molecule has 1 N–H and O–H groups in total. The first-order valence-corrected chi connectivity index (χ1v) is 5.63. The molecule has 0 bridgehead atoms. The Balaban J connectivity index is 3.08. The Bertz CT molecular complexity index is 568. The lowest BCUT2D eigenvalue weighted by Gasteiger charge is -2.20. The molecule has 0 amide bonds. The summed E-state index contributed by atoms with van der Waals surface area (Å²) in [6.45, 7) is 6.25. The number of carbonyl (C=O) groups excluding carboxylic acids is 1. The molecule has 0 unspecified atom stereocenters. The molecule has 0 radical (unpaired) electrons. The zero-order valence-electron chi connectivity index (χ0n) is 11.3. The van der Waals surface area contributed by atoms with Gasteiger partial charge in [-0.3, -0.25) is 14.2 Å². The van der Waals surface area contributed by atoms with E-state index in [9.17, 15) is 14.4 Å². The Hall–Kier alpha value is -2.18. The smallest absolute Gasteiger partial charge is 0.342 e. The minimum absolute atomic E-state index is 0.251. The second-order valence-corrected chi connectivity index (χ2v) is 5.00. The van der Waals surface area contributed by atoms with Gasteiger partial charge in [-0.05, 0) is 27.7 Å². The first kappa shape index (κ1) is 14.9. The van der Waals surface area contributed by atoms with Gasteiger partial charge in [0.1, 0.15) is 23.5 Å². The molecule has 0 aliphatic rings. The predicted molar refractivity (Wildman–Crippen MR) is 66.0 cm³/mol. The summed E-state index contributed by atoms with van der Waals surface area (Å²) in [5, 5.41) is 8.83. The van der Waals surface area contributed by atoms with Gasteiger partial charge in [0.15, 0.2) is 0 Å². The van der Waals surface area contributed by atoms with Crippen LogP contribution in [0.4, 0.5) is 0 Å². The van der Waals surface area contributed by atoms with E-state index in [0.29, 0.717) is 0 Å². The van der Waals surface area contributed by atoms with Crippen LogP contribution in [-0.2, 0) is 16.1 Å².